The van der Waals surface area contributed by atoms with E-state index < -0.39 is 0 Å². The molecule has 4 nitrogen and oxygen atoms in total. The minimum absolute atomic E-state index is 0.0143. The van der Waals surface area contributed by atoms with Crippen LogP contribution in [0.5, 0.6) is 17.2 Å². The van der Waals surface area contributed by atoms with Gasteiger partial charge in [-0.15, -0.1) is 0 Å². The average Bonchev–Trinajstić information content (AvgIpc) is 2.55. The fourth-order valence-electron chi connectivity index (χ4n) is 2.39. The summed E-state index contributed by atoms with van der Waals surface area (Å²) >= 11 is 5.81. The predicted octanol–water partition coefficient (Wildman–Crippen LogP) is 4.66. The molecule has 0 saturated carbocycles. The summed E-state index contributed by atoms with van der Waals surface area (Å²) in [4.78, 5) is 11.8. The van der Waals surface area contributed by atoms with Crippen molar-refractivity contribution in [2.75, 3.05) is 13.2 Å². The van der Waals surface area contributed by atoms with Crippen molar-refractivity contribution in [2.45, 2.75) is 26.7 Å². The van der Waals surface area contributed by atoms with Gasteiger partial charge >= 0.3 is 0 Å². The maximum absolute atomic E-state index is 11.8. The van der Waals surface area contributed by atoms with E-state index in [4.69, 9.17) is 21.1 Å². The van der Waals surface area contributed by atoms with Crippen LogP contribution in [0.4, 0.5) is 0 Å². The van der Waals surface area contributed by atoms with Crippen molar-refractivity contribution in [1.29, 1.82) is 0 Å². The van der Waals surface area contributed by atoms with Gasteiger partial charge in [0.2, 0.25) is 0 Å². The lowest BCUT2D eigenvalue weighted by Gasteiger charge is -2.14. The van der Waals surface area contributed by atoms with E-state index in [0.717, 1.165) is 12.0 Å². The van der Waals surface area contributed by atoms with Crippen LogP contribution in [0.15, 0.2) is 36.4 Å². The largest absolute Gasteiger partial charge is 0.507 e. The molecule has 128 valence electrons. The minimum atomic E-state index is -0.223. The molecule has 24 heavy (non-hydrogen) atoms. The Morgan fingerprint density at radius 2 is 1.75 bits per heavy atom. The van der Waals surface area contributed by atoms with Gasteiger partial charge in [0.15, 0.2) is 5.78 Å². The molecule has 0 unspecified atom stereocenters. The molecule has 0 aliphatic heterocycles. The third-order valence-corrected chi connectivity index (χ3v) is 3.77. The van der Waals surface area contributed by atoms with Gasteiger partial charge in [-0.3, -0.25) is 4.79 Å². The van der Waals surface area contributed by atoms with Crippen molar-refractivity contribution in [3.63, 3.8) is 0 Å². The predicted molar refractivity (Wildman–Crippen MR) is 94.5 cm³/mol. The molecule has 0 amide bonds. The Balaban J connectivity index is 2.00. The second-order valence-electron chi connectivity index (χ2n) is 5.40. The van der Waals surface area contributed by atoms with Crippen LogP contribution in [0.2, 0.25) is 5.02 Å². The Morgan fingerprint density at radius 3 is 2.38 bits per heavy atom. The molecule has 0 fully saturated rings. The van der Waals surface area contributed by atoms with Crippen LogP contribution < -0.4 is 9.47 Å². The van der Waals surface area contributed by atoms with Crippen LogP contribution in [0.3, 0.4) is 0 Å². The second-order valence-corrected chi connectivity index (χ2v) is 5.84. The first kappa shape index (κ1) is 18.1. The van der Waals surface area contributed by atoms with Gasteiger partial charge in [-0.1, -0.05) is 31.0 Å². The molecule has 2 aromatic rings. The SMILES string of the molecule is CCCc1ccc(OCCOc2ccc(Cl)cc2)c(C(C)=O)c1O. The highest BCUT2D eigenvalue weighted by Gasteiger charge is 2.17. The normalized spacial score (nSPS) is 10.5. The van der Waals surface area contributed by atoms with Crippen LogP contribution in [0.1, 0.15) is 36.2 Å². The highest BCUT2D eigenvalue weighted by molar-refractivity contribution is 6.30. The van der Waals surface area contributed by atoms with Gasteiger partial charge in [0.25, 0.3) is 0 Å². The van der Waals surface area contributed by atoms with Gasteiger partial charge < -0.3 is 14.6 Å². The quantitative estimate of drug-likeness (QED) is 0.557. The number of halogens is 1. The third-order valence-electron chi connectivity index (χ3n) is 3.52. The van der Waals surface area contributed by atoms with Gasteiger partial charge in [0.1, 0.15) is 36.0 Å². The van der Waals surface area contributed by atoms with Crippen LogP contribution >= 0.6 is 11.6 Å². The average molecular weight is 349 g/mol. The summed E-state index contributed by atoms with van der Waals surface area (Å²) in [7, 11) is 0. The molecule has 0 saturated heterocycles. The van der Waals surface area contributed by atoms with E-state index >= 15 is 0 Å². The Morgan fingerprint density at radius 1 is 1.08 bits per heavy atom. The zero-order chi connectivity index (χ0) is 17.5. The smallest absolute Gasteiger partial charge is 0.167 e. The molecule has 0 bridgehead atoms. The van der Waals surface area contributed by atoms with E-state index in [0.29, 0.717) is 29.5 Å². The lowest BCUT2D eigenvalue weighted by Crippen LogP contribution is -2.11. The number of ether oxygens (including phenoxy) is 2. The Kier molecular flexibility index (Phi) is 6.50. The molecular formula is C19H21ClO4. The molecule has 5 heteroatoms. The Bertz CT molecular complexity index is 695. The first-order chi connectivity index (χ1) is 11.5. The number of hydrogen-bond acceptors (Lipinski definition) is 4. The summed E-state index contributed by atoms with van der Waals surface area (Å²) in [6, 6.07) is 10.6. The minimum Gasteiger partial charge on any atom is -0.507 e. The first-order valence-electron chi connectivity index (χ1n) is 7.90. The maximum atomic E-state index is 11.8. The monoisotopic (exact) mass is 348 g/mol. The lowest BCUT2D eigenvalue weighted by atomic mass is 10.0. The van der Waals surface area contributed by atoms with E-state index in [2.05, 4.69) is 0 Å². The van der Waals surface area contributed by atoms with Gasteiger partial charge in [-0.2, -0.15) is 0 Å². The molecular weight excluding hydrogens is 328 g/mol. The van der Waals surface area contributed by atoms with Crippen molar-refractivity contribution in [2.24, 2.45) is 0 Å². The van der Waals surface area contributed by atoms with Crippen molar-refractivity contribution < 1.29 is 19.4 Å². The molecule has 1 N–H and O–H groups in total. The number of rotatable bonds is 8. The van der Waals surface area contributed by atoms with Crippen molar-refractivity contribution in [3.8, 4) is 17.2 Å². The Hall–Kier alpha value is -2.20. The molecule has 0 heterocycles. The van der Waals surface area contributed by atoms with E-state index in [1.807, 2.05) is 6.92 Å². The second kappa shape index (κ2) is 8.60. The summed E-state index contributed by atoms with van der Waals surface area (Å²) in [5, 5.41) is 10.9. The number of carbonyl (C=O) groups excluding carboxylic acids is 1. The van der Waals surface area contributed by atoms with E-state index in [1.165, 1.54) is 6.92 Å². The van der Waals surface area contributed by atoms with E-state index in [9.17, 15) is 9.90 Å². The number of Topliss-reactive ketones (excluding diaryl/α,β-unsaturated/α-hetero) is 1. The number of phenols is 1. The first-order valence-corrected chi connectivity index (χ1v) is 8.27. The van der Waals surface area contributed by atoms with Crippen LogP contribution in [-0.4, -0.2) is 24.1 Å². The number of carbonyl (C=O) groups is 1. The van der Waals surface area contributed by atoms with E-state index in [1.54, 1.807) is 36.4 Å². The highest BCUT2D eigenvalue weighted by atomic mass is 35.5. The third kappa shape index (κ3) is 4.65. The maximum Gasteiger partial charge on any atom is 0.167 e. The van der Waals surface area contributed by atoms with Crippen LogP contribution in [0, 0.1) is 0 Å². The van der Waals surface area contributed by atoms with Gasteiger partial charge in [0.05, 0.1) is 0 Å². The number of ketones is 1. The molecule has 0 aliphatic rings. The number of benzene rings is 2. The molecule has 0 aliphatic carbocycles. The van der Waals surface area contributed by atoms with Crippen LogP contribution in [-0.2, 0) is 6.42 Å². The molecule has 0 aromatic heterocycles. The fraction of sp³-hybridized carbons (Fsp3) is 0.316. The molecule has 2 aromatic carbocycles. The number of aromatic hydroxyl groups is 1. The van der Waals surface area contributed by atoms with Gasteiger partial charge in [0, 0.05) is 5.02 Å². The topological polar surface area (TPSA) is 55.8 Å². The van der Waals surface area contributed by atoms with Crippen molar-refractivity contribution >= 4 is 17.4 Å². The molecule has 2 rings (SSSR count). The van der Waals surface area contributed by atoms with Gasteiger partial charge in [-0.25, -0.2) is 0 Å². The summed E-state index contributed by atoms with van der Waals surface area (Å²) in [6.45, 7) is 4.01. The van der Waals surface area contributed by atoms with E-state index in [-0.39, 0.29) is 23.7 Å². The summed E-state index contributed by atoms with van der Waals surface area (Å²) in [5.41, 5.74) is 0.986. The van der Waals surface area contributed by atoms with Crippen molar-refractivity contribution in [1.82, 2.24) is 0 Å². The standard InChI is InChI=1S/C19H21ClO4/c1-3-4-14-5-10-17(18(13(2)21)19(14)22)24-12-11-23-16-8-6-15(20)7-9-16/h5-10,22H,3-4,11-12H2,1-2H3. The highest BCUT2D eigenvalue weighted by Crippen LogP contribution is 2.32. The number of hydrogen-bond donors (Lipinski definition) is 1. The zero-order valence-electron chi connectivity index (χ0n) is 13.8. The fourth-order valence-corrected chi connectivity index (χ4v) is 2.52. The van der Waals surface area contributed by atoms with Crippen LogP contribution in [0.25, 0.3) is 0 Å². The summed E-state index contributed by atoms with van der Waals surface area (Å²) in [6.07, 6.45) is 1.60. The summed E-state index contributed by atoms with van der Waals surface area (Å²) in [5.74, 6) is 0.857. The molecule has 0 radical (unpaired) electrons. The number of aryl methyl sites for hydroxylation is 1. The Labute approximate surface area is 147 Å². The summed E-state index contributed by atoms with van der Waals surface area (Å²) < 4.78 is 11.2. The van der Waals surface area contributed by atoms with Gasteiger partial charge in [-0.05, 0) is 49.2 Å². The number of phenolic OH excluding ortho intramolecular Hbond substituents is 1. The zero-order valence-corrected chi connectivity index (χ0v) is 14.6. The molecule has 0 atom stereocenters. The van der Waals surface area contributed by atoms with Crippen molar-refractivity contribution in [3.05, 3.63) is 52.5 Å². The lowest BCUT2D eigenvalue weighted by molar-refractivity contribution is 0.100. The molecule has 0 spiro atoms.